The fourth-order valence-electron chi connectivity index (χ4n) is 2.02. The van der Waals surface area contributed by atoms with Crippen molar-refractivity contribution >= 4 is 0 Å². The Kier molecular flexibility index (Phi) is 5.49. The summed E-state index contributed by atoms with van der Waals surface area (Å²) in [5.41, 5.74) is 5.84. The quantitative estimate of drug-likeness (QED) is 0.680. The van der Waals surface area contributed by atoms with E-state index in [4.69, 9.17) is 5.73 Å². The molecule has 1 fully saturated rings. The van der Waals surface area contributed by atoms with Crippen molar-refractivity contribution in [3.05, 3.63) is 0 Å². The van der Waals surface area contributed by atoms with Crippen LogP contribution in [0.25, 0.3) is 0 Å². The van der Waals surface area contributed by atoms with E-state index in [0.29, 0.717) is 12.0 Å². The topological polar surface area (TPSA) is 38.0 Å². The Morgan fingerprint density at radius 2 is 1.71 bits per heavy atom. The van der Waals surface area contributed by atoms with E-state index < -0.39 is 0 Å². The predicted octanol–water partition coefficient (Wildman–Crippen LogP) is 2.28. The highest BCUT2D eigenvalue weighted by molar-refractivity contribution is 4.74. The molecule has 2 unspecified atom stereocenters. The predicted molar refractivity (Wildman–Crippen MR) is 62.3 cm³/mol. The minimum atomic E-state index is 0.313. The van der Waals surface area contributed by atoms with Gasteiger partial charge < -0.3 is 11.1 Å². The van der Waals surface area contributed by atoms with E-state index in [1.54, 1.807) is 0 Å². The van der Waals surface area contributed by atoms with Crippen molar-refractivity contribution in [3.63, 3.8) is 0 Å². The zero-order chi connectivity index (χ0) is 10.4. The Hall–Kier alpha value is -0.0800. The Morgan fingerprint density at radius 1 is 1.14 bits per heavy atom. The zero-order valence-electron chi connectivity index (χ0n) is 9.76. The van der Waals surface area contributed by atoms with Crippen molar-refractivity contribution in [2.45, 2.75) is 64.5 Å². The minimum absolute atomic E-state index is 0.313. The molecule has 0 heterocycles. The van der Waals surface area contributed by atoms with Crippen molar-refractivity contribution < 1.29 is 0 Å². The second-order valence-corrected chi connectivity index (χ2v) is 4.93. The number of rotatable bonds is 4. The van der Waals surface area contributed by atoms with E-state index in [1.807, 2.05) is 0 Å². The second-order valence-electron chi connectivity index (χ2n) is 4.93. The number of nitrogens with two attached hydrogens (primary N) is 1. The van der Waals surface area contributed by atoms with Crippen LogP contribution in [-0.4, -0.2) is 18.6 Å². The maximum atomic E-state index is 5.84. The van der Waals surface area contributed by atoms with Crippen molar-refractivity contribution in [3.8, 4) is 0 Å². The van der Waals surface area contributed by atoms with Crippen LogP contribution in [0.1, 0.15) is 52.4 Å². The van der Waals surface area contributed by atoms with E-state index in [1.165, 1.54) is 38.5 Å². The number of nitrogens with one attached hydrogen (secondary N) is 1. The minimum Gasteiger partial charge on any atom is -0.328 e. The summed E-state index contributed by atoms with van der Waals surface area (Å²) in [5.74, 6) is 0.596. The molecule has 2 heteroatoms. The van der Waals surface area contributed by atoms with E-state index in [0.717, 1.165) is 12.6 Å². The van der Waals surface area contributed by atoms with Crippen molar-refractivity contribution in [1.82, 2.24) is 5.32 Å². The van der Waals surface area contributed by atoms with Crippen LogP contribution in [0, 0.1) is 5.92 Å². The van der Waals surface area contributed by atoms with Crippen molar-refractivity contribution in [2.75, 3.05) is 6.54 Å². The van der Waals surface area contributed by atoms with Crippen LogP contribution in [0.5, 0.6) is 0 Å². The Labute approximate surface area is 88.6 Å². The third kappa shape index (κ3) is 4.43. The molecule has 0 aliphatic heterocycles. The third-order valence-electron chi connectivity index (χ3n) is 3.48. The van der Waals surface area contributed by atoms with Gasteiger partial charge in [-0.15, -0.1) is 0 Å². The average Bonchev–Trinajstić information content (AvgIpc) is 2.42. The summed E-state index contributed by atoms with van der Waals surface area (Å²) in [7, 11) is 0. The molecule has 0 saturated heterocycles. The zero-order valence-corrected chi connectivity index (χ0v) is 9.76. The Balaban J connectivity index is 2.15. The van der Waals surface area contributed by atoms with Gasteiger partial charge in [0.25, 0.3) is 0 Å². The lowest BCUT2D eigenvalue weighted by Gasteiger charge is -2.21. The van der Waals surface area contributed by atoms with Gasteiger partial charge in [0.05, 0.1) is 0 Å². The van der Waals surface area contributed by atoms with Crippen LogP contribution >= 0.6 is 0 Å². The lowest BCUT2D eigenvalue weighted by Crippen LogP contribution is -2.38. The molecule has 0 radical (unpaired) electrons. The highest BCUT2D eigenvalue weighted by Gasteiger charge is 2.13. The summed E-state index contributed by atoms with van der Waals surface area (Å²) in [6.07, 6.45) is 8.41. The van der Waals surface area contributed by atoms with Gasteiger partial charge in [-0.1, -0.05) is 32.6 Å². The molecule has 84 valence electrons. The van der Waals surface area contributed by atoms with Gasteiger partial charge in [-0.05, 0) is 32.2 Å². The highest BCUT2D eigenvalue weighted by atomic mass is 14.9. The first-order valence-corrected chi connectivity index (χ1v) is 6.19. The molecule has 1 rings (SSSR count). The summed E-state index contributed by atoms with van der Waals surface area (Å²) >= 11 is 0. The van der Waals surface area contributed by atoms with Gasteiger partial charge in [-0.3, -0.25) is 0 Å². The summed E-state index contributed by atoms with van der Waals surface area (Å²) in [4.78, 5) is 0. The van der Waals surface area contributed by atoms with Crippen molar-refractivity contribution in [2.24, 2.45) is 11.7 Å². The van der Waals surface area contributed by atoms with Gasteiger partial charge in [0.15, 0.2) is 0 Å². The average molecular weight is 198 g/mol. The maximum Gasteiger partial charge on any atom is 0.00671 e. The molecule has 0 amide bonds. The van der Waals surface area contributed by atoms with Gasteiger partial charge in [0.1, 0.15) is 0 Å². The van der Waals surface area contributed by atoms with Gasteiger partial charge in [-0.2, -0.15) is 0 Å². The summed E-state index contributed by atoms with van der Waals surface area (Å²) in [6, 6.07) is 1.08. The number of hydrogen-bond acceptors (Lipinski definition) is 2. The van der Waals surface area contributed by atoms with Crippen molar-refractivity contribution in [1.29, 1.82) is 0 Å². The Bertz CT molecular complexity index is 137. The lowest BCUT2D eigenvalue weighted by atomic mass is 10.0. The first-order valence-electron chi connectivity index (χ1n) is 6.19. The van der Waals surface area contributed by atoms with Crippen LogP contribution in [0.3, 0.4) is 0 Å². The highest BCUT2D eigenvalue weighted by Crippen LogP contribution is 2.17. The van der Waals surface area contributed by atoms with Gasteiger partial charge in [0, 0.05) is 12.1 Å². The second kappa shape index (κ2) is 6.41. The molecule has 0 aromatic heterocycles. The van der Waals surface area contributed by atoms with Crippen LogP contribution in [0.2, 0.25) is 0 Å². The number of hydrogen-bond donors (Lipinski definition) is 2. The van der Waals surface area contributed by atoms with Gasteiger partial charge in [0.2, 0.25) is 0 Å². The van der Waals surface area contributed by atoms with E-state index >= 15 is 0 Å². The molecule has 2 nitrogen and oxygen atoms in total. The monoisotopic (exact) mass is 198 g/mol. The molecule has 0 aromatic rings. The third-order valence-corrected chi connectivity index (χ3v) is 3.48. The standard InChI is InChI=1S/C12H26N2/c1-10(11(2)13)9-14-12-7-5-3-4-6-8-12/h10-12,14H,3-9,13H2,1-2H3. The summed E-state index contributed by atoms with van der Waals surface area (Å²) < 4.78 is 0. The van der Waals surface area contributed by atoms with Gasteiger partial charge >= 0.3 is 0 Å². The fourth-order valence-corrected chi connectivity index (χ4v) is 2.02. The van der Waals surface area contributed by atoms with E-state index in [9.17, 15) is 0 Å². The first kappa shape index (κ1) is 12.0. The summed E-state index contributed by atoms with van der Waals surface area (Å²) in [5, 5.41) is 3.66. The lowest BCUT2D eigenvalue weighted by molar-refractivity contribution is 0.384. The van der Waals surface area contributed by atoms with Crippen LogP contribution in [-0.2, 0) is 0 Å². The molecule has 0 spiro atoms. The normalized spacial score (nSPS) is 24.2. The molecular weight excluding hydrogens is 172 g/mol. The molecular formula is C12H26N2. The molecule has 1 aliphatic rings. The molecule has 1 saturated carbocycles. The smallest absolute Gasteiger partial charge is 0.00671 e. The largest absolute Gasteiger partial charge is 0.328 e. The fraction of sp³-hybridized carbons (Fsp3) is 1.00. The summed E-state index contributed by atoms with van der Waals surface area (Å²) in [6.45, 7) is 5.41. The molecule has 14 heavy (non-hydrogen) atoms. The van der Waals surface area contributed by atoms with E-state index in [-0.39, 0.29) is 0 Å². The molecule has 2 atom stereocenters. The van der Waals surface area contributed by atoms with E-state index in [2.05, 4.69) is 19.2 Å². The molecule has 3 N–H and O–H groups in total. The van der Waals surface area contributed by atoms with Crippen LogP contribution in [0.4, 0.5) is 0 Å². The maximum absolute atomic E-state index is 5.84. The molecule has 0 aromatic carbocycles. The molecule has 1 aliphatic carbocycles. The molecule has 0 bridgehead atoms. The first-order chi connectivity index (χ1) is 6.70. The van der Waals surface area contributed by atoms with Gasteiger partial charge in [-0.25, -0.2) is 0 Å². The van der Waals surface area contributed by atoms with Crippen LogP contribution in [0.15, 0.2) is 0 Å². The SMILES string of the molecule is CC(N)C(C)CNC1CCCCCC1. The Morgan fingerprint density at radius 3 is 2.21 bits per heavy atom. The van der Waals surface area contributed by atoms with Crippen LogP contribution < -0.4 is 11.1 Å².